The van der Waals surface area contributed by atoms with Gasteiger partial charge in [0.15, 0.2) is 0 Å². The van der Waals surface area contributed by atoms with Crippen molar-refractivity contribution in [2.75, 3.05) is 0 Å². The van der Waals surface area contributed by atoms with Crippen molar-refractivity contribution in [3.05, 3.63) is 18.0 Å². The van der Waals surface area contributed by atoms with Crippen LogP contribution in [0.2, 0.25) is 0 Å². The predicted molar refractivity (Wildman–Crippen MR) is 73.1 cm³/mol. The second kappa shape index (κ2) is 4.69. The van der Waals surface area contributed by atoms with Crippen LogP contribution in [0.1, 0.15) is 58.6 Å². The zero-order valence-corrected chi connectivity index (χ0v) is 12.1. The molecule has 0 atom stereocenters. The highest BCUT2D eigenvalue weighted by atomic mass is 16.3. The minimum absolute atomic E-state index is 0.397. The standard InChI is InChI=1S/C15H26N2O/c1-5-14(2,3)12-6-9-15(18,10-7-12)13-8-11-16-17(13)4/h8,11-12,18H,5-7,9-10H2,1-4H3. The number of aliphatic hydroxyl groups is 1. The molecule has 3 nitrogen and oxygen atoms in total. The van der Waals surface area contributed by atoms with E-state index in [1.807, 2.05) is 17.8 Å². The summed E-state index contributed by atoms with van der Waals surface area (Å²) in [4.78, 5) is 0. The smallest absolute Gasteiger partial charge is 0.106 e. The Balaban J connectivity index is 2.09. The summed E-state index contributed by atoms with van der Waals surface area (Å²) in [5.74, 6) is 0.732. The summed E-state index contributed by atoms with van der Waals surface area (Å²) in [7, 11) is 1.91. The van der Waals surface area contributed by atoms with E-state index in [0.717, 1.165) is 37.3 Å². The van der Waals surface area contributed by atoms with Crippen molar-refractivity contribution in [3.8, 4) is 0 Å². The van der Waals surface area contributed by atoms with E-state index in [1.54, 1.807) is 6.20 Å². The second-order valence-corrected chi connectivity index (χ2v) is 6.49. The van der Waals surface area contributed by atoms with Crippen molar-refractivity contribution in [3.63, 3.8) is 0 Å². The van der Waals surface area contributed by atoms with Gasteiger partial charge in [0.1, 0.15) is 5.60 Å². The largest absolute Gasteiger partial charge is 0.384 e. The molecule has 0 amide bonds. The van der Waals surface area contributed by atoms with Crippen LogP contribution in [0.5, 0.6) is 0 Å². The molecular weight excluding hydrogens is 224 g/mol. The van der Waals surface area contributed by atoms with Gasteiger partial charge in [0, 0.05) is 13.2 Å². The van der Waals surface area contributed by atoms with Crippen LogP contribution in [-0.4, -0.2) is 14.9 Å². The fourth-order valence-electron chi connectivity index (χ4n) is 3.25. The molecule has 0 aromatic carbocycles. The topological polar surface area (TPSA) is 38.1 Å². The first kappa shape index (κ1) is 13.6. The van der Waals surface area contributed by atoms with Gasteiger partial charge in [-0.15, -0.1) is 0 Å². The summed E-state index contributed by atoms with van der Waals surface area (Å²) in [6.45, 7) is 6.97. The van der Waals surface area contributed by atoms with Gasteiger partial charge in [-0.05, 0) is 43.1 Å². The highest BCUT2D eigenvalue weighted by Gasteiger charge is 2.40. The Bertz CT molecular complexity index is 400. The van der Waals surface area contributed by atoms with Crippen molar-refractivity contribution in [2.24, 2.45) is 18.4 Å². The number of aryl methyl sites for hydroxylation is 1. The first-order chi connectivity index (χ1) is 8.39. The van der Waals surface area contributed by atoms with E-state index in [2.05, 4.69) is 25.9 Å². The Morgan fingerprint density at radius 1 is 1.44 bits per heavy atom. The first-order valence-electron chi connectivity index (χ1n) is 7.10. The SMILES string of the molecule is CCC(C)(C)C1CCC(O)(c2ccnn2C)CC1. The van der Waals surface area contributed by atoms with Gasteiger partial charge in [0.05, 0.1) is 5.69 Å². The lowest BCUT2D eigenvalue weighted by molar-refractivity contribution is -0.0385. The quantitative estimate of drug-likeness (QED) is 0.894. The van der Waals surface area contributed by atoms with E-state index in [4.69, 9.17) is 0 Å². The molecular formula is C15H26N2O. The zero-order chi connectivity index (χ0) is 13.4. The van der Waals surface area contributed by atoms with Crippen molar-refractivity contribution < 1.29 is 5.11 Å². The Kier molecular flexibility index (Phi) is 3.54. The van der Waals surface area contributed by atoms with Crippen LogP contribution in [0, 0.1) is 11.3 Å². The highest BCUT2D eigenvalue weighted by Crippen LogP contribution is 2.46. The Labute approximate surface area is 110 Å². The molecule has 102 valence electrons. The molecule has 3 heteroatoms. The molecule has 1 fully saturated rings. The first-order valence-corrected chi connectivity index (χ1v) is 7.10. The normalized spacial score (nSPS) is 29.5. The molecule has 0 unspecified atom stereocenters. The molecule has 1 aliphatic carbocycles. The molecule has 1 saturated carbocycles. The summed E-state index contributed by atoms with van der Waals surface area (Å²) in [6.07, 6.45) is 6.93. The van der Waals surface area contributed by atoms with Crippen molar-refractivity contribution in [1.82, 2.24) is 9.78 Å². The van der Waals surface area contributed by atoms with Crippen LogP contribution < -0.4 is 0 Å². The van der Waals surface area contributed by atoms with E-state index >= 15 is 0 Å². The predicted octanol–water partition coefficient (Wildman–Crippen LogP) is 3.23. The van der Waals surface area contributed by atoms with Crippen LogP contribution in [-0.2, 0) is 12.6 Å². The summed E-state index contributed by atoms with van der Waals surface area (Å²) < 4.78 is 1.81. The molecule has 1 aromatic rings. The molecule has 0 spiro atoms. The third-order valence-corrected chi connectivity index (χ3v) is 5.13. The Hall–Kier alpha value is -0.830. The highest BCUT2D eigenvalue weighted by molar-refractivity contribution is 5.13. The molecule has 2 rings (SSSR count). The molecule has 1 aromatic heterocycles. The van der Waals surface area contributed by atoms with E-state index < -0.39 is 5.60 Å². The number of hydrogen-bond acceptors (Lipinski definition) is 2. The molecule has 1 aliphatic rings. The van der Waals surface area contributed by atoms with Gasteiger partial charge >= 0.3 is 0 Å². The van der Waals surface area contributed by atoms with Crippen LogP contribution in [0.4, 0.5) is 0 Å². The number of nitrogens with zero attached hydrogens (tertiary/aromatic N) is 2. The lowest BCUT2D eigenvalue weighted by atomic mass is 9.66. The van der Waals surface area contributed by atoms with Crippen molar-refractivity contribution in [2.45, 2.75) is 58.5 Å². The molecule has 1 N–H and O–H groups in total. The summed E-state index contributed by atoms with van der Waals surface area (Å²) in [5.41, 5.74) is 0.703. The number of rotatable bonds is 3. The molecule has 1 heterocycles. The van der Waals surface area contributed by atoms with Crippen LogP contribution >= 0.6 is 0 Å². The van der Waals surface area contributed by atoms with Crippen LogP contribution in [0.15, 0.2) is 12.3 Å². The summed E-state index contributed by atoms with van der Waals surface area (Å²) in [6, 6.07) is 1.95. The Morgan fingerprint density at radius 2 is 2.06 bits per heavy atom. The van der Waals surface area contributed by atoms with Gasteiger partial charge in [-0.3, -0.25) is 4.68 Å². The van der Waals surface area contributed by atoms with E-state index in [1.165, 1.54) is 6.42 Å². The Morgan fingerprint density at radius 3 is 2.50 bits per heavy atom. The lowest BCUT2D eigenvalue weighted by Crippen LogP contribution is -2.37. The van der Waals surface area contributed by atoms with Gasteiger partial charge in [-0.25, -0.2) is 0 Å². The fourth-order valence-corrected chi connectivity index (χ4v) is 3.25. The van der Waals surface area contributed by atoms with E-state index in [-0.39, 0.29) is 0 Å². The average Bonchev–Trinajstić information content (AvgIpc) is 2.77. The maximum atomic E-state index is 10.8. The maximum Gasteiger partial charge on any atom is 0.106 e. The average molecular weight is 250 g/mol. The molecule has 18 heavy (non-hydrogen) atoms. The molecule has 0 saturated heterocycles. The maximum absolute atomic E-state index is 10.8. The molecule has 0 radical (unpaired) electrons. The fraction of sp³-hybridized carbons (Fsp3) is 0.800. The van der Waals surface area contributed by atoms with Crippen LogP contribution in [0.25, 0.3) is 0 Å². The molecule has 0 aliphatic heterocycles. The minimum Gasteiger partial charge on any atom is -0.384 e. The van der Waals surface area contributed by atoms with E-state index in [9.17, 15) is 5.11 Å². The summed E-state index contributed by atoms with van der Waals surface area (Å²) >= 11 is 0. The number of aromatic nitrogens is 2. The van der Waals surface area contributed by atoms with Gasteiger partial charge < -0.3 is 5.11 Å². The lowest BCUT2D eigenvalue weighted by Gasteiger charge is -2.42. The minimum atomic E-state index is -0.661. The van der Waals surface area contributed by atoms with E-state index in [0.29, 0.717) is 5.41 Å². The van der Waals surface area contributed by atoms with Crippen molar-refractivity contribution in [1.29, 1.82) is 0 Å². The summed E-state index contributed by atoms with van der Waals surface area (Å²) in [5, 5.41) is 15.0. The third kappa shape index (κ3) is 2.33. The zero-order valence-electron chi connectivity index (χ0n) is 12.1. The second-order valence-electron chi connectivity index (χ2n) is 6.49. The van der Waals surface area contributed by atoms with Gasteiger partial charge in [-0.1, -0.05) is 27.2 Å². The van der Waals surface area contributed by atoms with Gasteiger partial charge in [0.25, 0.3) is 0 Å². The monoisotopic (exact) mass is 250 g/mol. The van der Waals surface area contributed by atoms with Crippen molar-refractivity contribution >= 4 is 0 Å². The van der Waals surface area contributed by atoms with Gasteiger partial charge in [0.2, 0.25) is 0 Å². The molecule has 0 bridgehead atoms. The van der Waals surface area contributed by atoms with Gasteiger partial charge in [-0.2, -0.15) is 5.10 Å². The number of hydrogen-bond donors (Lipinski definition) is 1. The van der Waals surface area contributed by atoms with Crippen LogP contribution in [0.3, 0.4) is 0 Å². The third-order valence-electron chi connectivity index (χ3n) is 5.13.